The fourth-order valence-electron chi connectivity index (χ4n) is 1.12. The fraction of sp³-hybridized carbons (Fsp3) is 0.100. The summed E-state index contributed by atoms with van der Waals surface area (Å²) in [6.07, 6.45) is 0.874. The molecule has 0 aliphatic heterocycles. The second kappa shape index (κ2) is 4.90. The summed E-state index contributed by atoms with van der Waals surface area (Å²) in [6.45, 7) is 3.81. The topological polar surface area (TPSA) is 69.4 Å². The first-order chi connectivity index (χ1) is 7.19. The van der Waals surface area contributed by atoms with E-state index in [4.69, 9.17) is 4.74 Å². The molecule has 0 fully saturated rings. The molecule has 1 unspecified atom stereocenters. The van der Waals surface area contributed by atoms with Gasteiger partial charge in [-0.2, -0.15) is 0 Å². The molecule has 0 aliphatic rings. The van der Waals surface area contributed by atoms with Crippen molar-refractivity contribution >= 4 is 12.2 Å². The molecule has 1 aromatic rings. The highest BCUT2D eigenvalue weighted by Crippen LogP contribution is 2.20. The highest BCUT2D eigenvalue weighted by Gasteiger charge is 2.10. The number of benzene rings is 1. The van der Waals surface area contributed by atoms with Crippen LogP contribution in [0.25, 0.3) is 0 Å². The van der Waals surface area contributed by atoms with E-state index in [9.17, 15) is 14.9 Å². The van der Waals surface area contributed by atoms with E-state index in [0.29, 0.717) is 12.0 Å². The average molecular weight is 207 g/mol. The molecule has 0 amide bonds. The molecule has 78 valence electrons. The molecule has 0 aromatic heterocycles. The van der Waals surface area contributed by atoms with Crippen LogP contribution in [0.15, 0.2) is 36.9 Å². The van der Waals surface area contributed by atoms with Crippen LogP contribution >= 0.6 is 0 Å². The van der Waals surface area contributed by atoms with Crippen LogP contribution in [0.3, 0.4) is 0 Å². The number of carbonyl (C=O) groups is 1. The zero-order valence-corrected chi connectivity index (χ0v) is 7.83. The van der Waals surface area contributed by atoms with E-state index < -0.39 is 11.0 Å². The van der Waals surface area contributed by atoms with Gasteiger partial charge in [0, 0.05) is 12.1 Å². The molecule has 0 heterocycles. The summed E-state index contributed by atoms with van der Waals surface area (Å²) >= 11 is 0. The maximum atomic E-state index is 10.4. The Kier molecular flexibility index (Phi) is 3.56. The van der Waals surface area contributed by atoms with Crippen LogP contribution in [0.5, 0.6) is 0 Å². The van der Waals surface area contributed by atoms with Crippen molar-refractivity contribution in [2.45, 2.75) is 6.10 Å². The van der Waals surface area contributed by atoms with Crippen LogP contribution in [0.1, 0.15) is 11.7 Å². The van der Waals surface area contributed by atoms with Crippen LogP contribution in [0, 0.1) is 10.1 Å². The molecule has 5 nitrogen and oxygen atoms in total. The first-order valence-corrected chi connectivity index (χ1v) is 4.15. The number of nitro groups is 1. The van der Waals surface area contributed by atoms with Crippen molar-refractivity contribution in [3.8, 4) is 0 Å². The lowest BCUT2D eigenvalue weighted by molar-refractivity contribution is -0.384. The highest BCUT2D eigenvalue weighted by molar-refractivity contribution is 5.41. The zero-order chi connectivity index (χ0) is 11.3. The minimum absolute atomic E-state index is 0.00679. The average Bonchev–Trinajstić information content (AvgIpc) is 2.26. The van der Waals surface area contributed by atoms with E-state index in [1.54, 1.807) is 0 Å². The van der Waals surface area contributed by atoms with Gasteiger partial charge in [-0.3, -0.25) is 14.9 Å². The van der Waals surface area contributed by atoms with Crippen molar-refractivity contribution in [1.29, 1.82) is 0 Å². The molecular formula is C10H9NO4. The van der Waals surface area contributed by atoms with Gasteiger partial charge in [0.05, 0.1) is 4.92 Å². The second-order valence-electron chi connectivity index (χ2n) is 2.74. The molecule has 0 saturated heterocycles. The molecule has 0 radical (unpaired) electrons. The van der Waals surface area contributed by atoms with Gasteiger partial charge < -0.3 is 4.74 Å². The molecule has 15 heavy (non-hydrogen) atoms. The quantitative estimate of drug-likeness (QED) is 0.320. The number of carbonyl (C=O) groups excluding carboxylic acids is 1. The molecule has 1 aromatic carbocycles. The predicted octanol–water partition coefficient (Wildman–Crippen LogP) is 1.99. The van der Waals surface area contributed by atoms with Gasteiger partial charge in [-0.25, -0.2) is 0 Å². The maximum absolute atomic E-state index is 10.4. The normalized spacial score (nSPS) is 11.5. The molecule has 0 spiro atoms. The largest absolute Gasteiger partial charge is 0.455 e. The van der Waals surface area contributed by atoms with Crippen molar-refractivity contribution in [3.63, 3.8) is 0 Å². The molecule has 0 saturated carbocycles. The van der Waals surface area contributed by atoms with Crippen molar-refractivity contribution in [1.82, 2.24) is 0 Å². The number of nitro benzene ring substituents is 1. The predicted molar refractivity (Wildman–Crippen MR) is 53.2 cm³/mol. The highest BCUT2D eigenvalue weighted by atomic mass is 16.6. The molecule has 0 aliphatic carbocycles. The second-order valence-corrected chi connectivity index (χ2v) is 2.74. The Bertz CT molecular complexity index is 372. The third kappa shape index (κ3) is 2.63. The number of non-ortho nitro benzene ring substituents is 1. The molecule has 0 N–H and O–H groups in total. The van der Waals surface area contributed by atoms with E-state index >= 15 is 0 Å². The Morgan fingerprint density at radius 2 is 2.00 bits per heavy atom. The first-order valence-electron chi connectivity index (χ1n) is 4.15. The molecule has 5 heteroatoms. The third-order valence-electron chi connectivity index (χ3n) is 1.85. The third-order valence-corrected chi connectivity index (χ3v) is 1.85. The van der Waals surface area contributed by atoms with Gasteiger partial charge in [0.25, 0.3) is 12.2 Å². The van der Waals surface area contributed by atoms with Crippen LogP contribution in [0.2, 0.25) is 0 Å². The van der Waals surface area contributed by atoms with Crippen LogP contribution in [-0.4, -0.2) is 11.4 Å². The van der Waals surface area contributed by atoms with Gasteiger partial charge in [-0.15, -0.1) is 0 Å². The fourth-order valence-corrected chi connectivity index (χ4v) is 1.12. The Morgan fingerprint density at radius 1 is 1.40 bits per heavy atom. The molecule has 1 rings (SSSR count). The Hall–Kier alpha value is -2.17. The number of hydrogen-bond acceptors (Lipinski definition) is 4. The van der Waals surface area contributed by atoms with Gasteiger partial charge in [-0.05, 0) is 23.8 Å². The van der Waals surface area contributed by atoms with Crippen molar-refractivity contribution in [2.24, 2.45) is 0 Å². The van der Waals surface area contributed by atoms with E-state index in [2.05, 4.69) is 6.58 Å². The lowest BCUT2D eigenvalue weighted by atomic mass is 10.1. The number of rotatable bonds is 5. The lowest BCUT2D eigenvalue weighted by Crippen LogP contribution is -1.99. The van der Waals surface area contributed by atoms with Gasteiger partial charge in [-0.1, -0.05) is 6.58 Å². The van der Waals surface area contributed by atoms with Crippen molar-refractivity contribution in [3.05, 3.63) is 52.6 Å². The first kappa shape index (κ1) is 10.9. The summed E-state index contributed by atoms with van der Waals surface area (Å²) in [5.74, 6) is 0. The van der Waals surface area contributed by atoms with Crippen molar-refractivity contribution in [2.75, 3.05) is 0 Å². The number of nitrogens with zero attached hydrogens (tertiary/aromatic N) is 1. The summed E-state index contributed by atoms with van der Waals surface area (Å²) in [7, 11) is 0. The van der Waals surface area contributed by atoms with Gasteiger partial charge in [0.15, 0.2) is 0 Å². The smallest absolute Gasteiger partial charge is 0.294 e. The Balaban J connectivity index is 2.91. The van der Waals surface area contributed by atoms with Crippen LogP contribution < -0.4 is 0 Å². The monoisotopic (exact) mass is 207 g/mol. The molecular weight excluding hydrogens is 198 g/mol. The summed E-state index contributed by atoms with van der Waals surface area (Å²) < 4.78 is 4.71. The number of ether oxygens (including phenoxy) is 1. The Morgan fingerprint density at radius 3 is 2.40 bits per heavy atom. The SMILES string of the molecule is C=CC(OC=O)c1ccc([N+](=O)[O-])cc1. The standard InChI is InChI=1S/C10H9NO4/c1-2-10(15-7-12)8-3-5-9(6-4-8)11(13)14/h2-7,10H,1H2. The molecule has 1 atom stereocenters. The zero-order valence-electron chi connectivity index (χ0n) is 7.83. The summed E-state index contributed by atoms with van der Waals surface area (Å²) in [6, 6.07) is 5.74. The van der Waals surface area contributed by atoms with E-state index in [-0.39, 0.29) is 5.69 Å². The summed E-state index contributed by atoms with van der Waals surface area (Å²) in [5.41, 5.74) is 0.635. The molecule has 0 bridgehead atoms. The van der Waals surface area contributed by atoms with Gasteiger partial charge >= 0.3 is 0 Å². The van der Waals surface area contributed by atoms with E-state index in [1.807, 2.05) is 0 Å². The number of hydrogen-bond donors (Lipinski definition) is 0. The van der Waals surface area contributed by atoms with Gasteiger partial charge in [0.1, 0.15) is 6.10 Å². The van der Waals surface area contributed by atoms with Crippen molar-refractivity contribution < 1.29 is 14.5 Å². The van der Waals surface area contributed by atoms with E-state index in [1.165, 1.54) is 30.3 Å². The summed E-state index contributed by atoms with van der Waals surface area (Å²) in [4.78, 5) is 20.0. The van der Waals surface area contributed by atoms with Crippen LogP contribution in [0.4, 0.5) is 5.69 Å². The van der Waals surface area contributed by atoms with Crippen LogP contribution in [-0.2, 0) is 9.53 Å². The summed E-state index contributed by atoms with van der Waals surface area (Å²) in [5, 5.41) is 10.4. The van der Waals surface area contributed by atoms with E-state index in [0.717, 1.165) is 0 Å². The van der Waals surface area contributed by atoms with Gasteiger partial charge in [0.2, 0.25) is 0 Å². The Labute approximate surface area is 86.1 Å². The lowest BCUT2D eigenvalue weighted by Gasteiger charge is -2.09. The minimum Gasteiger partial charge on any atom is -0.455 e. The minimum atomic E-state index is -0.566. The maximum Gasteiger partial charge on any atom is 0.294 e.